The van der Waals surface area contributed by atoms with Crippen molar-refractivity contribution >= 4 is 22.1 Å². The van der Waals surface area contributed by atoms with E-state index in [1.54, 1.807) is 43.5 Å². The zero-order valence-electron chi connectivity index (χ0n) is 17.9. The number of nitrogens with one attached hydrogen (secondary N) is 2. The van der Waals surface area contributed by atoms with E-state index in [9.17, 15) is 13.2 Å². The number of carbonyl (C=O) groups excluding carboxylic acids is 1. The number of nitrogens with zero attached hydrogens (tertiary/aromatic N) is 1. The fourth-order valence-corrected chi connectivity index (χ4v) is 4.18. The zero-order chi connectivity index (χ0) is 23.0. The molecule has 0 aliphatic rings. The normalized spacial score (nSPS) is 12.4. The van der Waals surface area contributed by atoms with Gasteiger partial charge in [-0.2, -0.15) is 9.82 Å². The summed E-state index contributed by atoms with van der Waals surface area (Å²) < 4.78 is 33.4. The van der Waals surface area contributed by atoms with E-state index >= 15 is 0 Å². The number of methoxy groups -OCH3 is 1. The first-order valence-electron chi connectivity index (χ1n) is 9.97. The third kappa shape index (κ3) is 6.50. The number of rotatable bonds is 9. The van der Waals surface area contributed by atoms with Crippen molar-refractivity contribution in [3.05, 3.63) is 95.6 Å². The fourth-order valence-electron chi connectivity index (χ4n) is 2.98. The van der Waals surface area contributed by atoms with E-state index in [0.717, 1.165) is 16.7 Å². The van der Waals surface area contributed by atoms with Gasteiger partial charge in [0.15, 0.2) is 0 Å². The lowest BCUT2D eigenvalue weighted by atomic mass is 10.1. The molecule has 0 heterocycles. The second-order valence-electron chi connectivity index (χ2n) is 7.19. The molecule has 0 radical (unpaired) electrons. The average molecular weight is 452 g/mol. The third-order valence-corrected chi connectivity index (χ3v) is 6.20. The lowest BCUT2D eigenvalue weighted by Gasteiger charge is -2.17. The van der Waals surface area contributed by atoms with Gasteiger partial charge < -0.3 is 4.74 Å². The van der Waals surface area contributed by atoms with Crippen LogP contribution >= 0.6 is 0 Å². The Morgan fingerprint density at radius 1 is 1.03 bits per heavy atom. The molecule has 7 nitrogen and oxygen atoms in total. The Hall–Kier alpha value is -3.49. The van der Waals surface area contributed by atoms with Gasteiger partial charge in [-0.1, -0.05) is 60.2 Å². The van der Waals surface area contributed by atoms with Crippen LogP contribution in [0, 0.1) is 6.92 Å². The molecule has 3 aromatic carbocycles. The van der Waals surface area contributed by atoms with Gasteiger partial charge in [-0.05, 0) is 48.7 Å². The van der Waals surface area contributed by atoms with Gasteiger partial charge in [-0.15, -0.1) is 0 Å². The largest absolute Gasteiger partial charge is 0.497 e. The Bertz CT molecular complexity index is 1180. The highest BCUT2D eigenvalue weighted by Crippen LogP contribution is 2.13. The predicted molar refractivity (Wildman–Crippen MR) is 124 cm³/mol. The molecule has 3 aromatic rings. The van der Waals surface area contributed by atoms with Crippen molar-refractivity contribution in [1.29, 1.82) is 0 Å². The van der Waals surface area contributed by atoms with Crippen LogP contribution in [0.5, 0.6) is 5.75 Å². The van der Waals surface area contributed by atoms with Crippen molar-refractivity contribution in [3.63, 3.8) is 0 Å². The SMILES string of the molecule is COc1cccc(C=NNC(=O)C(Cc2ccccc2)NS(=O)(=O)c2ccc(C)cc2)c1. The lowest BCUT2D eigenvalue weighted by Crippen LogP contribution is -2.46. The number of benzene rings is 3. The molecule has 0 saturated heterocycles. The molecule has 8 heteroatoms. The molecule has 0 fully saturated rings. The fraction of sp³-hybridized carbons (Fsp3) is 0.167. The van der Waals surface area contributed by atoms with E-state index in [0.29, 0.717) is 5.75 Å². The van der Waals surface area contributed by atoms with Crippen LogP contribution in [-0.4, -0.2) is 33.7 Å². The first kappa shape index (κ1) is 23.2. The summed E-state index contributed by atoms with van der Waals surface area (Å²) in [5.74, 6) is 0.0942. The monoisotopic (exact) mass is 451 g/mol. The number of hydrazone groups is 1. The van der Waals surface area contributed by atoms with E-state index in [-0.39, 0.29) is 11.3 Å². The predicted octanol–water partition coefficient (Wildman–Crippen LogP) is 3.04. The molecule has 0 aliphatic heterocycles. The third-order valence-electron chi connectivity index (χ3n) is 4.71. The summed E-state index contributed by atoms with van der Waals surface area (Å²) in [6.07, 6.45) is 1.64. The van der Waals surface area contributed by atoms with Crippen molar-refractivity contribution in [2.75, 3.05) is 7.11 Å². The Morgan fingerprint density at radius 3 is 2.44 bits per heavy atom. The molecule has 1 unspecified atom stereocenters. The number of aryl methyl sites for hydroxylation is 1. The molecule has 1 atom stereocenters. The van der Waals surface area contributed by atoms with Crippen molar-refractivity contribution in [2.45, 2.75) is 24.3 Å². The second kappa shape index (κ2) is 10.7. The van der Waals surface area contributed by atoms with Gasteiger partial charge in [0.2, 0.25) is 10.0 Å². The molecular weight excluding hydrogens is 426 g/mol. The van der Waals surface area contributed by atoms with E-state index in [2.05, 4.69) is 15.2 Å². The minimum atomic E-state index is -3.91. The molecule has 0 spiro atoms. The topological polar surface area (TPSA) is 96.9 Å². The first-order valence-corrected chi connectivity index (χ1v) is 11.5. The molecule has 166 valence electrons. The first-order chi connectivity index (χ1) is 15.4. The Kier molecular flexibility index (Phi) is 7.75. The van der Waals surface area contributed by atoms with Crippen molar-refractivity contribution < 1.29 is 17.9 Å². The number of hydrogen-bond acceptors (Lipinski definition) is 5. The van der Waals surface area contributed by atoms with Crippen LogP contribution in [0.3, 0.4) is 0 Å². The summed E-state index contributed by atoms with van der Waals surface area (Å²) >= 11 is 0. The van der Waals surface area contributed by atoms with Gasteiger partial charge in [-0.25, -0.2) is 13.8 Å². The van der Waals surface area contributed by atoms with E-state index in [1.165, 1.54) is 18.3 Å². The van der Waals surface area contributed by atoms with Gasteiger partial charge in [-0.3, -0.25) is 4.79 Å². The van der Waals surface area contributed by atoms with Crippen LogP contribution in [0.4, 0.5) is 0 Å². The summed E-state index contributed by atoms with van der Waals surface area (Å²) in [6.45, 7) is 1.87. The maximum Gasteiger partial charge on any atom is 0.258 e. The quantitative estimate of drug-likeness (QED) is 0.386. The Labute approximate surface area is 188 Å². The molecular formula is C24H25N3O4S. The van der Waals surface area contributed by atoms with Crippen LogP contribution in [-0.2, 0) is 21.2 Å². The molecule has 0 aliphatic carbocycles. The summed E-state index contributed by atoms with van der Waals surface area (Å²) in [5, 5.41) is 3.98. The van der Waals surface area contributed by atoms with Crippen LogP contribution in [0.2, 0.25) is 0 Å². The van der Waals surface area contributed by atoms with Crippen molar-refractivity contribution in [2.24, 2.45) is 5.10 Å². The van der Waals surface area contributed by atoms with Crippen molar-refractivity contribution in [3.8, 4) is 5.75 Å². The minimum absolute atomic E-state index is 0.0915. The minimum Gasteiger partial charge on any atom is -0.497 e. The molecule has 32 heavy (non-hydrogen) atoms. The molecule has 0 saturated carbocycles. The molecule has 2 N–H and O–H groups in total. The van der Waals surface area contributed by atoms with Crippen LogP contribution in [0.1, 0.15) is 16.7 Å². The highest BCUT2D eigenvalue weighted by Gasteiger charge is 2.26. The summed E-state index contributed by atoms with van der Waals surface area (Å²) in [7, 11) is -2.34. The van der Waals surface area contributed by atoms with Crippen molar-refractivity contribution in [1.82, 2.24) is 10.1 Å². The van der Waals surface area contributed by atoms with Gasteiger partial charge in [0.25, 0.3) is 5.91 Å². The summed E-state index contributed by atoms with van der Waals surface area (Å²) in [6, 6.07) is 21.7. The lowest BCUT2D eigenvalue weighted by molar-refractivity contribution is -0.122. The molecule has 0 aromatic heterocycles. The number of amides is 1. The number of carbonyl (C=O) groups is 1. The summed E-state index contributed by atoms with van der Waals surface area (Å²) in [4.78, 5) is 12.9. The number of ether oxygens (including phenoxy) is 1. The van der Waals surface area contributed by atoms with Gasteiger partial charge >= 0.3 is 0 Å². The Balaban J connectivity index is 1.77. The highest BCUT2D eigenvalue weighted by molar-refractivity contribution is 7.89. The van der Waals surface area contributed by atoms with E-state index < -0.39 is 22.0 Å². The number of hydrogen-bond donors (Lipinski definition) is 2. The van der Waals surface area contributed by atoms with Crippen LogP contribution < -0.4 is 14.9 Å². The van der Waals surface area contributed by atoms with Gasteiger partial charge in [0.05, 0.1) is 18.2 Å². The Morgan fingerprint density at radius 2 is 1.75 bits per heavy atom. The van der Waals surface area contributed by atoms with E-state index in [4.69, 9.17) is 4.74 Å². The molecule has 0 bridgehead atoms. The standard InChI is InChI=1S/C24H25N3O4S/c1-18-11-13-22(14-12-18)32(29,30)27-23(16-19-7-4-3-5-8-19)24(28)26-25-17-20-9-6-10-21(15-20)31-2/h3-15,17,23,27H,16H2,1-2H3,(H,26,28). The smallest absolute Gasteiger partial charge is 0.258 e. The zero-order valence-corrected chi connectivity index (χ0v) is 18.7. The maximum atomic E-state index is 12.9. The van der Waals surface area contributed by atoms with Gasteiger partial charge in [0, 0.05) is 0 Å². The molecule has 1 amide bonds. The average Bonchev–Trinajstić information content (AvgIpc) is 2.79. The summed E-state index contributed by atoms with van der Waals surface area (Å²) in [5.41, 5.74) is 4.92. The molecule has 3 rings (SSSR count). The second-order valence-corrected chi connectivity index (χ2v) is 8.90. The number of sulfonamides is 1. The van der Waals surface area contributed by atoms with Gasteiger partial charge in [0.1, 0.15) is 11.8 Å². The van der Waals surface area contributed by atoms with E-state index in [1.807, 2.05) is 37.3 Å². The van der Waals surface area contributed by atoms with Crippen LogP contribution in [0.15, 0.2) is 88.9 Å². The highest BCUT2D eigenvalue weighted by atomic mass is 32.2. The maximum absolute atomic E-state index is 12.9. The van der Waals surface area contributed by atoms with Crippen LogP contribution in [0.25, 0.3) is 0 Å².